The second kappa shape index (κ2) is 6.76. The Hall–Kier alpha value is -1.15. The summed E-state index contributed by atoms with van der Waals surface area (Å²) in [6, 6.07) is -0.253. The average molecular weight is 345 g/mol. The van der Waals surface area contributed by atoms with Gasteiger partial charge in [0.25, 0.3) is 0 Å². The standard InChI is InChI=1S/C15H27N3O4S/c1-15(2,3)14(20)18-7-5-17(6-8-18)10-13(19)16-12-4-9-23(21,22)11-12/h12H,4-11H2,1-3H3,(H,16,19). The molecule has 1 atom stereocenters. The molecule has 2 aliphatic rings. The zero-order valence-corrected chi connectivity index (χ0v) is 15.0. The lowest BCUT2D eigenvalue weighted by molar-refractivity contribution is -0.141. The van der Waals surface area contributed by atoms with Crippen molar-refractivity contribution in [2.75, 3.05) is 44.2 Å². The summed E-state index contributed by atoms with van der Waals surface area (Å²) in [6.45, 7) is 8.56. The average Bonchev–Trinajstić information content (AvgIpc) is 2.76. The molecule has 0 aromatic heterocycles. The van der Waals surface area contributed by atoms with Crippen LogP contribution in [0.15, 0.2) is 0 Å². The Kier molecular flexibility index (Phi) is 5.35. The lowest BCUT2D eigenvalue weighted by Gasteiger charge is -2.37. The third kappa shape index (κ3) is 5.17. The quantitative estimate of drug-likeness (QED) is 0.744. The maximum absolute atomic E-state index is 12.2. The minimum absolute atomic E-state index is 0.0482. The predicted octanol–water partition coefficient (Wildman–Crippen LogP) is -0.520. The van der Waals surface area contributed by atoms with Gasteiger partial charge >= 0.3 is 0 Å². The van der Waals surface area contributed by atoms with Crippen molar-refractivity contribution >= 4 is 21.7 Å². The topological polar surface area (TPSA) is 86.8 Å². The number of nitrogens with one attached hydrogen (secondary N) is 1. The molecule has 0 spiro atoms. The van der Waals surface area contributed by atoms with E-state index >= 15 is 0 Å². The molecular formula is C15H27N3O4S. The lowest BCUT2D eigenvalue weighted by atomic mass is 9.94. The summed E-state index contributed by atoms with van der Waals surface area (Å²) in [7, 11) is -2.98. The number of nitrogens with zero attached hydrogens (tertiary/aromatic N) is 2. The highest BCUT2D eigenvalue weighted by Crippen LogP contribution is 2.18. The van der Waals surface area contributed by atoms with Gasteiger partial charge in [0, 0.05) is 37.6 Å². The largest absolute Gasteiger partial charge is 0.351 e. The van der Waals surface area contributed by atoms with Gasteiger partial charge in [0.1, 0.15) is 0 Å². The van der Waals surface area contributed by atoms with Crippen LogP contribution in [0.2, 0.25) is 0 Å². The van der Waals surface area contributed by atoms with E-state index in [1.54, 1.807) is 0 Å². The van der Waals surface area contributed by atoms with Crippen molar-refractivity contribution in [3.05, 3.63) is 0 Å². The molecule has 0 radical (unpaired) electrons. The highest BCUT2D eigenvalue weighted by atomic mass is 32.2. The molecule has 2 amide bonds. The van der Waals surface area contributed by atoms with Crippen LogP contribution in [0.1, 0.15) is 27.2 Å². The van der Waals surface area contributed by atoms with Gasteiger partial charge in [-0.15, -0.1) is 0 Å². The summed E-state index contributed by atoms with van der Waals surface area (Å²) in [5.41, 5.74) is -0.381. The summed E-state index contributed by atoms with van der Waals surface area (Å²) in [6.07, 6.45) is 0.502. The van der Waals surface area contributed by atoms with Crippen LogP contribution in [-0.4, -0.2) is 80.3 Å². The molecule has 2 saturated heterocycles. The number of sulfone groups is 1. The van der Waals surface area contributed by atoms with E-state index in [2.05, 4.69) is 5.32 Å². The smallest absolute Gasteiger partial charge is 0.234 e. The van der Waals surface area contributed by atoms with Crippen molar-refractivity contribution in [2.24, 2.45) is 5.41 Å². The molecule has 0 saturated carbocycles. The second-order valence-electron chi connectivity index (χ2n) is 7.49. The summed E-state index contributed by atoms with van der Waals surface area (Å²) in [4.78, 5) is 28.1. The van der Waals surface area contributed by atoms with E-state index in [0.29, 0.717) is 32.6 Å². The van der Waals surface area contributed by atoms with Crippen molar-refractivity contribution in [3.8, 4) is 0 Å². The third-order valence-electron chi connectivity index (χ3n) is 4.27. The van der Waals surface area contributed by atoms with Crippen molar-refractivity contribution in [1.82, 2.24) is 15.1 Å². The Bertz CT molecular complexity index is 560. The van der Waals surface area contributed by atoms with Crippen molar-refractivity contribution in [1.29, 1.82) is 0 Å². The normalized spacial score (nSPS) is 25.3. The summed E-state index contributed by atoms with van der Waals surface area (Å²) in [5.74, 6) is 0.207. The first kappa shape index (κ1) is 18.2. The summed E-state index contributed by atoms with van der Waals surface area (Å²) < 4.78 is 22.8. The molecule has 23 heavy (non-hydrogen) atoms. The number of rotatable bonds is 3. The molecule has 2 fully saturated rings. The fraction of sp³-hybridized carbons (Fsp3) is 0.867. The van der Waals surface area contributed by atoms with Gasteiger partial charge in [-0.25, -0.2) is 8.42 Å². The van der Waals surface area contributed by atoms with Gasteiger partial charge in [-0.3, -0.25) is 14.5 Å². The van der Waals surface area contributed by atoms with E-state index in [1.807, 2.05) is 30.6 Å². The minimum atomic E-state index is -2.98. The van der Waals surface area contributed by atoms with E-state index < -0.39 is 9.84 Å². The highest BCUT2D eigenvalue weighted by Gasteiger charge is 2.31. The SMILES string of the molecule is CC(C)(C)C(=O)N1CCN(CC(=O)NC2CCS(=O)(=O)C2)CC1. The first-order chi connectivity index (χ1) is 10.6. The molecule has 8 heteroatoms. The number of carbonyl (C=O) groups is 2. The minimum Gasteiger partial charge on any atom is -0.351 e. The van der Waals surface area contributed by atoms with Gasteiger partial charge in [0.15, 0.2) is 9.84 Å². The van der Waals surface area contributed by atoms with Crippen LogP contribution in [-0.2, 0) is 19.4 Å². The molecule has 7 nitrogen and oxygen atoms in total. The van der Waals surface area contributed by atoms with Crippen LogP contribution in [0.25, 0.3) is 0 Å². The van der Waals surface area contributed by atoms with Crippen LogP contribution in [0.4, 0.5) is 0 Å². The van der Waals surface area contributed by atoms with E-state index in [1.165, 1.54) is 0 Å². The van der Waals surface area contributed by atoms with Gasteiger partial charge in [-0.1, -0.05) is 20.8 Å². The molecule has 2 heterocycles. The van der Waals surface area contributed by atoms with Crippen molar-refractivity contribution < 1.29 is 18.0 Å². The first-order valence-corrected chi connectivity index (χ1v) is 9.90. The van der Waals surface area contributed by atoms with Gasteiger partial charge in [-0.2, -0.15) is 0 Å². The van der Waals surface area contributed by atoms with E-state index in [0.717, 1.165) is 0 Å². The number of piperazine rings is 1. The van der Waals surface area contributed by atoms with Gasteiger partial charge in [0.2, 0.25) is 11.8 Å². The van der Waals surface area contributed by atoms with Gasteiger partial charge < -0.3 is 10.2 Å². The van der Waals surface area contributed by atoms with Gasteiger partial charge in [-0.05, 0) is 6.42 Å². The van der Waals surface area contributed by atoms with E-state index in [-0.39, 0.29) is 41.3 Å². The molecule has 0 bridgehead atoms. The Morgan fingerprint density at radius 1 is 1.13 bits per heavy atom. The van der Waals surface area contributed by atoms with Crippen molar-refractivity contribution in [3.63, 3.8) is 0 Å². The zero-order valence-electron chi connectivity index (χ0n) is 14.2. The van der Waals surface area contributed by atoms with E-state index in [4.69, 9.17) is 0 Å². The van der Waals surface area contributed by atoms with Crippen molar-refractivity contribution in [2.45, 2.75) is 33.2 Å². The second-order valence-corrected chi connectivity index (χ2v) is 9.71. The van der Waals surface area contributed by atoms with Crippen LogP contribution >= 0.6 is 0 Å². The molecule has 132 valence electrons. The zero-order chi connectivity index (χ0) is 17.3. The van der Waals surface area contributed by atoms with E-state index in [9.17, 15) is 18.0 Å². The molecule has 0 aliphatic carbocycles. The Morgan fingerprint density at radius 3 is 2.22 bits per heavy atom. The summed E-state index contributed by atoms with van der Waals surface area (Å²) >= 11 is 0. The highest BCUT2D eigenvalue weighted by molar-refractivity contribution is 7.91. The Balaban J connectivity index is 1.74. The molecule has 0 aromatic carbocycles. The molecule has 1 N–H and O–H groups in total. The number of hydrogen-bond acceptors (Lipinski definition) is 5. The van der Waals surface area contributed by atoms with Crippen LogP contribution in [0.5, 0.6) is 0 Å². The molecular weight excluding hydrogens is 318 g/mol. The number of carbonyl (C=O) groups excluding carboxylic acids is 2. The third-order valence-corrected chi connectivity index (χ3v) is 6.03. The molecule has 2 aliphatic heterocycles. The molecule has 2 rings (SSSR count). The molecule has 0 aromatic rings. The first-order valence-electron chi connectivity index (χ1n) is 8.08. The maximum atomic E-state index is 12.2. The van der Waals surface area contributed by atoms with Crippen LogP contribution < -0.4 is 5.32 Å². The number of amides is 2. The van der Waals surface area contributed by atoms with Crippen LogP contribution in [0, 0.1) is 5.41 Å². The van der Waals surface area contributed by atoms with Gasteiger partial charge in [0.05, 0.1) is 18.1 Å². The number of hydrogen-bond donors (Lipinski definition) is 1. The maximum Gasteiger partial charge on any atom is 0.234 e. The predicted molar refractivity (Wildman–Crippen MR) is 87.7 cm³/mol. The Morgan fingerprint density at radius 2 is 1.74 bits per heavy atom. The monoisotopic (exact) mass is 345 g/mol. The van der Waals surface area contributed by atoms with Crippen LogP contribution in [0.3, 0.4) is 0 Å². The summed E-state index contributed by atoms with van der Waals surface area (Å²) in [5, 5.41) is 2.80. The fourth-order valence-electron chi connectivity index (χ4n) is 2.97. The fourth-order valence-corrected chi connectivity index (χ4v) is 4.64. The lowest BCUT2D eigenvalue weighted by Crippen LogP contribution is -2.53. The Labute approximate surface area is 138 Å². The molecule has 1 unspecified atom stereocenters.